The smallest absolute Gasteiger partial charge is 0.255 e. The molecule has 0 saturated carbocycles. The number of hydrogen-bond acceptors (Lipinski definition) is 3. The van der Waals surface area contributed by atoms with Crippen LogP contribution in [0.5, 0.6) is 0 Å². The summed E-state index contributed by atoms with van der Waals surface area (Å²) < 4.78 is 0. The fourth-order valence-electron chi connectivity index (χ4n) is 2.88. The third-order valence-corrected chi connectivity index (χ3v) is 5.41. The minimum Gasteiger partial charge on any atom is -0.337 e. The fourth-order valence-corrected chi connectivity index (χ4v) is 3.81. The molecule has 2 N–H and O–H groups in total. The Balaban J connectivity index is 1.55. The predicted molar refractivity (Wildman–Crippen MR) is 105 cm³/mol. The monoisotopic (exact) mass is 349 g/mol. The van der Waals surface area contributed by atoms with Crippen molar-refractivity contribution in [2.24, 2.45) is 0 Å². The van der Waals surface area contributed by atoms with Gasteiger partial charge in [-0.2, -0.15) is 0 Å². The molecule has 126 valence electrons. The van der Waals surface area contributed by atoms with Crippen molar-refractivity contribution in [3.05, 3.63) is 65.5 Å². The molecule has 1 amide bonds. The van der Waals surface area contributed by atoms with E-state index in [-0.39, 0.29) is 5.91 Å². The molecule has 0 atom stereocenters. The van der Waals surface area contributed by atoms with Crippen LogP contribution in [0.3, 0.4) is 0 Å². The number of allylic oxidation sites excluding steroid dienone is 1. The summed E-state index contributed by atoms with van der Waals surface area (Å²) in [5, 5.41) is 2.96. The zero-order valence-electron chi connectivity index (χ0n) is 14.0. The van der Waals surface area contributed by atoms with E-state index in [9.17, 15) is 4.79 Å². The topological polar surface area (TPSA) is 57.8 Å². The number of H-pyrrole nitrogens is 1. The second kappa shape index (κ2) is 6.76. The van der Waals surface area contributed by atoms with Gasteiger partial charge in [-0.15, -0.1) is 11.8 Å². The summed E-state index contributed by atoms with van der Waals surface area (Å²) in [7, 11) is 0. The molecular weight excluding hydrogens is 330 g/mol. The summed E-state index contributed by atoms with van der Waals surface area (Å²) in [6.45, 7) is 2.10. The highest BCUT2D eigenvalue weighted by atomic mass is 32.2. The van der Waals surface area contributed by atoms with Crippen LogP contribution in [0.2, 0.25) is 0 Å². The van der Waals surface area contributed by atoms with Gasteiger partial charge in [0.25, 0.3) is 5.91 Å². The highest BCUT2D eigenvalue weighted by Gasteiger charge is 2.13. The molecule has 2 heterocycles. The van der Waals surface area contributed by atoms with Gasteiger partial charge >= 0.3 is 0 Å². The van der Waals surface area contributed by atoms with Gasteiger partial charge in [-0.1, -0.05) is 25.1 Å². The van der Waals surface area contributed by atoms with Gasteiger partial charge in [0.2, 0.25) is 0 Å². The van der Waals surface area contributed by atoms with E-state index in [1.165, 1.54) is 10.5 Å². The number of nitrogens with zero attached hydrogens (tertiary/aromatic N) is 1. The molecule has 0 fully saturated rings. The standard InChI is InChI=1S/C20H19N3OS/c1-2-13-5-7-14(8-6-13)20(24)21-15-9-10-16-17(12-15)23-19(22-16)18-4-3-11-25-18/h4-10,12H,2-3,11H2,1H3,(H,21,24)(H,22,23). The number of carbonyl (C=O) groups is 1. The molecule has 4 rings (SSSR count). The van der Waals surface area contributed by atoms with Crippen LogP contribution in [0.4, 0.5) is 5.69 Å². The minimum absolute atomic E-state index is 0.101. The molecule has 5 heteroatoms. The Labute approximate surface area is 150 Å². The maximum atomic E-state index is 12.4. The van der Waals surface area contributed by atoms with E-state index in [0.717, 1.165) is 41.1 Å². The van der Waals surface area contributed by atoms with Crippen molar-refractivity contribution in [3.63, 3.8) is 0 Å². The Bertz CT molecular complexity index is 957. The molecule has 0 aliphatic carbocycles. The molecule has 1 aliphatic heterocycles. The van der Waals surface area contributed by atoms with Crippen LogP contribution in [-0.4, -0.2) is 21.6 Å². The largest absolute Gasteiger partial charge is 0.337 e. The third-order valence-electron chi connectivity index (χ3n) is 4.30. The number of aryl methyl sites for hydroxylation is 1. The average molecular weight is 349 g/mol. The van der Waals surface area contributed by atoms with Crippen molar-refractivity contribution >= 4 is 39.3 Å². The number of rotatable bonds is 4. The maximum absolute atomic E-state index is 12.4. The third kappa shape index (κ3) is 3.33. The van der Waals surface area contributed by atoms with E-state index in [4.69, 9.17) is 0 Å². The van der Waals surface area contributed by atoms with Gasteiger partial charge in [0.15, 0.2) is 0 Å². The van der Waals surface area contributed by atoms with E-state index in [1.54, 1.807) is 0 Å². The highest BCUT2D eigenvalue weighted by Crippen LogP contribution is 2.33. The molecule has 1 aliphatic rings. The normalized spacial score (nSPS) is 13.9. The van der Waals surface area contributed by atoms with Crippen molar-refractivity contribution in [2.75, 3.05) is 11.1 Å². The summed E-state index contributed by atoms with van der Waals surface area (Å²) in [5.74, 6) is 1.93. The summed E-state index contributed by atoms with van der Waals surface area (Å²) in [6.07, 6.45) is 4.27. The van der Waals surface area contributed by atoms with Crippen LogP contribution < -0.4 is 5.32 Å². The Morgan fingerprint density at radius 1 is 1.24 bits per heavy atom. The van der Waals surface area contributed by atoms with Crippen molar-refractivity contribution in [2.45, 2.75) is 19.8 Å². The van der Waals surface area contributed by atoms with Crippen LogP contribution in [-0.2, 0) is 6.42 Å². The van der Waals surface area contributed by atoms with Gasteiger partial charge in [-0.05, 0) is 48.7 Å². The van der Waals surface area contributed by atoms with Gasteiger partial charge < -0.3 is 10.3 Å². The van der Waals surface area contributed by atoms with Crippen molar-refractivity contribution in [3.8, 4) is 0 Å². The predicted octanol–water partition coefficient (Wildman–Crippen LogP) is 4.86. The molecule has 25 heavy (non-hydrogen) atoms. The number of imidazole rings is 1. The van der Waals surface area contributed by atoms with Crippen LogP contribution in [0.15, 0.2) is 48.5 Å². The van der Waals surface area contributed by atoms with E-state index >= 15 is 0 Å². The Kier molecular flexibility index (Phi) is 4.32. The zero-order valence-corrected chi connectivity index (χ0v) is 14.8. The first kappa shape index (κ1) is 16.0. The number of anilines is 1. The number of aromatic nitrogens is 2. The SMILES string of the molecule is CCc1ccc(C(=O)Nc2ccc3nc(C4=CCCS4)[nH]c3c2)cc1. The molecule has 0 radical (unpaired) electrons. The molecule has 0 bridgehead atoms. The van der Waals surface area contributed by atoms with E-state index < -0.39 is 0 Å². The molecule has 3 aromatic rings. The number of aromatic amines is 1. The first-order valence-electron chi connectivity index (χ1n) is 8.46. The van der Waals surface area contributed by atoms with Crippen LogP contribution in [0.25, 0.3) is 15.9 Å². The molecule has 0 saturated heterocycles. The second-order valence-corrected chi connectivity index (χ2v) is 7.16. The van der Waals surface area contributed by atoms with Gasteiger partial charge in [0, 0.05) is 21.9 Å². The molecule has 1 aromatic heterocycles. The number of hydrogen-bond donors (Lipinski definition) is 2. The number of nitrogens with one attached hydrogen (secondary N) is 2. The lowest BCUT2D eigenvalue weighted by Gasteiger charge is -2.06. The Hall–Kier alpha value is -2.53. The summed E-state index contributed by atoms with van der Waals surface area (Å²) in [5.41, 5.74) is 4.49. The molecular formula is C20H19N3OS. The number of amides is 1. The van der Waals surface area contributed by atoms with Crippen molar-refractivity contribution < 1.29 is 4.79 Å². The van der Waals surface area contributed by atoms with Crippen LogP contribution >= 0.6 is 11.8 Å². The fraction of sp³-hybridized carbons (Fsp3) is 0.200. The number of carbonyl (C=O) groups excluding carboxylic acids is 1. The quantitative estimate of drug-likeness (QED) is 0.707. The average Bonchev–Trinajstić information content (AvgIpc) is 3.30. The number of thioether (sulfide) groups is 1. The lowest BCUT2D eigenvalue weighted by molar-refractivity contribution is 0.102. The lowest BCUT2D eigenvalue weighted by atomic mass is 10.1. The first-order valence-corrected chi connectivity index (χ1v) is 9.45. The van der Waals surface area contributed by atoms with Crippen molar-refractivity contribution in [1.82, 2.24) is 9.97 Å². The summed E-state index contributed by atoms with van der Waals surface area (Å²) in [4.78, 5) is 21.6. The number of fused-ring (bicyclic) bond motifs is 1. The zero-order chi connectivity index (χ0) is 17.2. The molecule has 2 aromatic carbocycles. The second-order valence-electron chi connectivity index (χ2n) is 6.03. The molecule has 0 unspecified atom stereocenters. The van der Waals surface area contributed by atoms with E-state index in [0.29, 0.717) is 5.56 Å². The van der Waals surface area contributed by atoms with Crippen LogP contribution in [0.1, 0.15) is 35.1 Å². The Morgan fingerprint density at radius 3 is 2.80 bits per heavy atom. The van der Waals surface area contributed by atoms with Crippen molar-refractivity contribution in [1.29, 1.82) is 0 Å². The van der Waals surface area contributed by atoms with E-state index in [2.05, 4.69) is 28.3 Å². The number of benzene rings is 2. The van der Waals surface area contributed by atoms with Crippen LogP contribution in [0, 0.1) is 0 Å². The van der Waals surface area contributed by atoms with Gasteiger partial charge in [-0.25, -0.2) is 4.98 Å². The van der Waals surface area contributed by atoms with E-state index in [1.807, 2.05) is 54.2 Å². The summed E-state index contributed by atoms with van der Waals surface area (Å²) >= 11 is 1.82. The van der Waals surface area contributed by atoms with Gasteiger partial charge in [-0.3, -0.25) is 4.79 Å². The lowest BCUT2D eigenvalue weighted by Crippen LogP contribution is -2.11. The molecule has 0 spiro atoms. The minimum atomic E-state index is -0.101. The first-order chi connectivity index (χ1) is 12.2. The van der Waals surface area contributed by atoms with Gasteiger partial charge in [0.05, 0.1) is 11.0 Å². The molecule has 4 nitrogen and oxygen atoms in total. The maximum Gasteiger partial charge on any atom is 0.255 e. The highest BCUT2D eigenvalue weighted by molar-refractivity contribution is 8.08. The Morgan fingerprint density at radius 2 is 2.08 bits per heavy atom. The summed E-state index contributed by atoms with van der Waals surface area (Å²) in [6, 6.07) is 13.5. The van der Waals surface area contributed by atoms with Gasteiger partial charge in [0.1, 0.15) is 5.82 Å².